The number of piperidine rings is 1. The molecule has 0 saturated carbocycles. The van der Waals surface area contributed by atoms with Crippen molar-refractivity contribution in [3.05, 3.63) is 57.5 Å². The van der Waals surface area contributed by atoms with Crippen molar-refractivity contribution in [2.24, 2.45) is 5.92 Å². The highest BCUT2D eigenvalue weighted by Crippen LogP contribution is 2.29. The first-order valence-corrected chi connectivity index (χ1v) is 11.6. The molecule has 7 nitrogen and oxygen atoms in total. The number of nitrogens with one attached hydrogen (secondary N) is 1. The van der Waals surface area contributed by atoms with Gasteiger partial charge in [0.15, 0.2) is 0 Å². The first kappa shape index (κ1) is 24.3. The Hall–Kier alpha value is -2.37. The standard InChI is InChI=1S/C20H21ClF3N3O4S/c1-13-3-2-8-27(10-13)32(30,31)16-6-4-15(5-7-16)25-18(28)12-26-11-14(20(22,23)24)9-17(21)19(26)29/h4-7,9,11,13H,2-3,8,10,12H2,1H3,(H,25,28). The minimum atomic E-state index is -4.73. The second-order valence-corrected chi connectivity index (χ2v) is 10.0. The van der Waals surface area contributed by atoms with E-state index in [-0.39, 0.29) is 16.5 Å². The van der Waals surface area contributed by atoms with Crippen LogP contribution in [0.15, 0.2) is 46.2 Å². The van der Waals surface area contributed by atoms with Gasteiger partial charge in [0.2, 0.25) is 15.9 Å². The fourth-order valence-corrected chi connectivity index (χ4v) is 5.28. The van der Waals surface area contributed by atoms with Crippen LogP contribution in [0.5, 0.6) is 0 Å². The van der Waals surface area contributed by atoms with Gasteiger partial charge in [-0.05, 0) is 49.1 Å². The molecule has 1 aromatic carbocycles. The van der Waals surface area contributed by atoms with Crippen LogP contribution in [0, 0.1) is 5.92 Å². The normalized spacial score (nSPS) is 17.8. The average Bonchev–Trinajstić information content (AvgIpc) is 2.71. The number of alkyl halides is 3. The molecular formula is C20H21ClF3N3O4S. The summed E-state index contributed by atoms with van der Waals surface area (Å²) in [6, 6.07) is 5.94. The van der Waals surface area contributed by atoms with Crippen molar-refractivity contribution < 1.29 is 26.4 Å². The average molecular weight is 492 g/mol. The molecule has 0 radical (unpaired) electrons. The highest BCUT2D eigenvalue weighted by Gasteiger charge is 2.32. The highest BCUT2D eigenvalue weighted by atomic mass is 35.5. The number of carbonyl (C=O) groups is 1. The topological polar surface area (TPSA) is 88.5 Å². The number of hydrogen-bond donors (Lipinski definition) is 1. The Labute approximate surface area is 187 Å². The lowest BCUT2D eigenvalue weighted by molar-refractivity contribution is -0.138. The third-order valence-corrected chi connectivity index (χ3v) is 7.23. The van der Waals surface area contributed by atoms with Crippen molar-refractivity contribution in [2.45, 2.75) is 37.4 Å². The Morgan fingerprint density at radius 2 is 1.91 bits per heavy atom. The Kier molecular flexibility index (Phi) is 7.01. The van der Waals surface area contributed by atoms with Crippen LogP contribution in [0.2, 0.25) is 5.02 Å². The van der Waals surface area contributed by atoms with Crippen LogP contribution in [0.25, 0.3) is 0 Å². The van der Waals surface area contributed by atoms with E-state index in [1.54, 1.807) is 0 Å². The zero-order valence-corrected chi connectivity index (χ0v) is 18.6. The van der Waals surface area contributed by atoms with Gasteiger partial charge in [-0.25, -0.2) is 8.42 Å². The van der Waals surface area contributed by atoms with Gasteiger partial charge in [-0.3, -0.25) is 9.59 Å². The molecule has 2 heterocycles. The summed E-state index contributed by atoms with van der Waals surface area (Å²) in [5.41, 5.74) is -1.87. The lowest BCUT2D eigenvalue weighted by Crippen LogP contribution is -2.39. The van der Waals surface area contributed by atoms with E-state index in [0.717, 1.165) is 12.8 Å². The van der Waals surface area contributed by atoms with E-state index >= 15 is 0 Å². The molecule has 1 amide bonds. The molecule has 1 atom stereocenters. The summed E-state index contributed by atoms with van der Waals surface area (Å²) in [4.78, 5) is 24.3. The smallest absolute Gasteiger partial charge is 0.325 e. The number of nitrogens with zero attached hydrogens (tertiary/aromatic N) is 2. The Morgan fingerprint density at radius 3 is 2.50 bits per heavy atom. The van der Waals surface area contributed by atoms with E-state index in [2.05, 4.69) is 5.32 Å². The summed E-state index contributed by atoms with van der Waals surface area (Å²) in [6.45, 7) is 2.17. The molecule has 1 unspecified atom stereocenters. The van der Waals surface area contributed by atoms with Crippen LogP contribution < -0.4 is 10.9 Å². The van der Waals surface area contributed by atoms with Gasteiger partial charge in [-0.1, -0.05) is 18.5 Å². The maximum atomic E-state index is 12.9. The molecule has 1 aliphatic heterocycles. The van der Waals surface area contributed by atoms with Crippen LogP contribution in [0.1, 0.15) is 25.3 Å². The fourth-order valence-electron chi connectivity index (χ4n) is 3.45. The van der Waals surface area contributed by atoms with Crippen LogP contribution >= 0.6 is 11.6 Å². The third kappa shape index (κ3) is 5.51. The van der Waals surface area contributed by atoms with Gasteiger partial charge in [0.1, 0.15) is 11.6 Å². The highest BCUT2D eigenvalue weighted by molar-refractivity contribution is 7.89. The monoisotopic (exact) mass is 491 g/mol. The summed E-state index contributed by atoms with van der Waals surface area (Å²) in [6.07, 6.45) is -2.46. The summed E-state index contributed by atoms with van der Waals surface area (Å²) in [7, 11) is -3.66. The first-order chi connectivity index (χ1) is 14.9. The summed E-state index contributed by atoms with van der Waals surface area (Å²) in [5.74, 6) is -0.507. The molecule has 1 N–H and O–H groups in total. The molecule has 1 aromatic heterocycles. The maximum absolute atomic E-state index is 12.9. The molecule has 12 heteroatoms. The summed E-state index contributed by atoms with van der Waals surface area (Å²) >= 11 is 5.58. The van der Waals surface area contributed by atoms with Crippen LogP contribution in [0.4, 0.5) is 18.9 Å². The zero-order valence-electron chi connectivity index (χ0n) is 17.0. The molecule has 0 aliphatic carbocycles. The number of pyridine rings is 1. The van der Waals surface area contributed by atoms with E-state index in [1.807, 2.05) is 6.92 Å². The second-order valence-electron chi connectivity index (χ2n) is 7.69. The van der Waals surface area contributed by atoms with E-state index in [9.17, 15) is 31.2 Å². The lowest BCUT2D eigenvalue weighted by Gasteiger charge is -2.30. The molecule has 2 aromatic rings. The van der Waals surface area contributed by atoms with Crippen molar-refractivity contribution in [1.82, 2.24) is 8.87 Å². The Bertz CT molecular complexity index is 1160. The number of sulfonamides is 1. The number of rotatable bonds is 5. The number of amides is 1. The molecule has 3 rings (SSSR count). The van der Waals surface area contributed by atoms with Gasteiger partial charge < -0.3 is 9.88 Å². The SMILES string of the molecule is CC1CCCN(S(=O)(=O)c2ccc(NC(=O)Cn3cc(C(F)(F)F)cc(Cl)c3=O)cc2)C1. The maximum Gasteiger partial charge on any atom is 0.417 e. The molecule has 174 valence electrons. The van der Waals surface area contributed by atoms with Gasteiger partial charge in [0.05, 0.1) is 10.5 Å². The molecular weight excluding hydrogens is 471 g/mol. The van der Waals surface area contributed by atoms with Crippen molar-refractivity contribution in [3.63, 3.8) is 0 Å². The molecule has 1 aliphatic rings. The van der Waals surface area contributed by atoms with E-state index < -0.39 is 44.8 Å². The van der Waals surface area contributed by atoms with Crippen LogP contribution in [-0.4, -0.2) is 36.3 Å². The first-order valence-electron chi connectivity index (χ1n) is 9.75. The number of aromatic nitrogens is 1. The number of hydrogen-bond acceptors (Lipinski definition) is 4. The minimum Gasteiger partial charge on any atom is -0.325 e. The quantitative estimate of drug-likeness (QED) is 0.692. The fraction of sp³-hybridized carbons (Fsp3) is 0.400. The molecule has 0 spiro atoms. The minimum absolute atomic E-state index is 0.0745. The summed E-state index contributed by atoms with van der Waals surface area (Å²) < 4.78 is 66.3. The van der Waals surface area contributed by atoms with Gasteiger partial charge in [0, 0.05) is 25.0 Å². The number of anilines is 1. The Balaban J connectivity index is 1.72. The van der Waals surface area contributed by atoms with E-state index in [4.69, 9.17) is 11.6 Å². The van der Waals surface area contributed by atoms with Crippen molar-refractivity contribution in [1.29, 1.82) is 0 Å². The van der Waals surface area contributed by atoms with Gasteiger partial charge >= 0.3 is 6.18 Å². The van der Waals surface area contributed by atoms with Gasteiger partial charge in [-0.2, -0.15) is 17.5 Å². The third-order valence-electron chi connectivity index (χ3n) is 5.08. The molecule has 1 fully saturated rings. The molecule has 0 bridgehead atoms. The van der Waals surface area contributed by atoms with Crippen LogP contribution in [-0.2, 0) is 27.5 Å². The second kappa shape index (κ2) is 9.24. The zero-order chi connectivity index (χ0) is 23.7. The van der Waals surface area contributed by atoms with Crippen LogP contribution in [0.3, 0.4) is 0 Å². The van der Waals surface area contributed by atoms with Crippen molar-refractivity contribution >= 4 is 33.2 Å². The predicted molar refractivity (Wildman–Crippen MR) is 113 cm³/mol. The van der Waals surface area contributed by atoms with E-state index in [1.165, 1.54) is 28.6 Å². The number of benzene rings is 1. The lowest BCUT2D eigenvalue weighted by atomic mass is 10.0. The van der Waals surface area contributed by atoms with Gasteiger partial charge in [0.25, 0.3) is 5.56 Å². The Morgan fingerprint density at radius 1 is 1.25 bits per heavy atom. The predicted octanol–water partition coefficient (Wildman–Crippen LogP) is 3.58. The van der Waals surface area contributed by atoms with Gasteiger partial charge in [-0.15, -0.1) is 0 Å². The van der Waals surface area contributed by atoms with Crippen molar-refractivity contribution in [3.8, 4) is 0 Å². The number of carbonyl (C=O) groups excluding carboxylic acids is 1. The van der Waals surface area contributed by atoms with E-state index in [0.29, 0.717) is 29.9 Å². The summed E-state index contributed by atoms with van der Waals surface area (Å²) in [5, 5.41) is 1.77. The molecule has 1 saturated heterocycles. The molecule has 32 heavy (non-hydrogen) atoms. The number of halogens is 4. The largest absolute Gasteiger partial charge is 0.417 e. The van der Waals surface area contributed by atoms with Crippen molar-refractivity contribution in [2.75, 3.05) is 18.4 Å².